The average Bonchev–Trinajstić information content (AvgIpc) is 2.63. The molecule has 1 N–H and O–H groups in total. The minimum atomic E-state index is -4.21. The molecule has 1 aromatic carbocycles. The molecule has 0 bridgehead atoms. The molecule has 0 saturated carbocycles. The van der Waals surface area contributed by atoms with Crippen molar-refractivity contribution in [3.63, 3.8) is 0 Å². The first-order valence-corrected chi connectivity index (χ1v) is 9.03. The van der Waals surface area contributed by atoms with Crippen LogP contribution in [0.2, 0.25) is 0 Å². The minimum Gasteiger partial charge on any atom is -0.378 e. The summed E-state index contributed by atoms with van der Waals surface area (Å²) in [6.07, 6.45) is 1.52. The first-order valence-electron chi connectivity index (χ1n) is 7.55. The fraction of sp³-hybridized carbons (Fsp3) is 0.333. The molecule has 2 aromatic rings. The maximum absolute atomic E-state index is 13.7. The lowest BCUT2D eigenvalue weighted by atomic mass is 10.3. The summed E-state index contributed by atoms with van der Waals surface area (Å²) in [6.45, 7) is 2.25. The Morgan fingerprint density at radius 1 is 1.20 bits per heavy atom. The van der Waals surface area contributed by atoms with Gasteiger partial charge in [0.15, 0.2) is 0 Å². The maximum Gasteiger partial charge on any atom is 0.243 e. The lowest BCUT2D eigenvalue weighted by Gasteiger charge is -2.26. The molecular formula is C15H16F2N4O3S. The number of anilines is 1. The van der Waals surface area contributed by atoms with Crippen LogP contribution in [0, 0.1) is 11.6 Å². The molecule has 134 valence electrons. The zero-order chi connectivity index (χ0) is 17.9. The normalized spacial score (nSPS) is 15.4. The zero-order valence-corrected chi connectivity index (χ0v) is 14.0. The summed E-state index contributed by atoms with van der Waals surface area (Å²) >= 11 is 0. The number of rotatable bonds is 5. The number of benzene rings is 1. The van der Waals surface area contributed by atoms with Crippen molar-refractivity contribution in [2.75, 3.05) is 31.2 Å². The highest BCUT2D eigenvalue weighted by Crippen LogP contribution is 2.16. The van der Waals surface area contributed by atoms with Gasteiger partial charge >= 0.3 is 0 Å². The summed E-state index contributed by atoms with van der Waals surface area (Å²) in [5, 5.41) is 0. The lowest BCUT2D eigenvalue weighted by molar-refractivity contribution is 0.122. The van der Waals surface area contributed by atoms with E-state index in [4.69, 9.17) is 4.74 Å². The molecule has 0 atom stereocenters. The second-order valence-electron chi connectivity index (χ2n) is 5.35. The predicted molar refractivity (Wildman–Crippen MR) is 85.4 cm³/mol. The second-order valence-corrected chi connectivity index (χ2v) is 7.08. The van der Waals surface area contributed by atoms with Gasteiger partial charge < -0.3 is 9.64 Å². The molecule has 1 aliphatic rings. The Balaban J connectivity index is 1.73. The average molecular weight is 370 g/mol. The molecule has 2 heterocycles. The molecule has 0 aliphatic carbocycles. The number of sulfonamides is 1. The number of ether oxygens (including phenoxy) is 1. The number of aromatic nitrogens is 2. The number of nitrogens with one attached hydrogen (secondary N) is 1. The molecule has 3 rings (SSSR count). The van der Waals surface area contributed by atoms with Gasteiger partial charge in [-0.05, 0) is 24.3 Å². The second kappa shape index (κ2) is 7.38. The van der Waals surface area contributed by atoms with Crippen molar-refractivity contribution in [2.24, 2.45) is 0 Å². The van der Waals surface area contributed by atoms with Gasteiger partial charge in [-0.3, -0.25) is 0 Å². The summed E-state index contributed by atoms with van der Waals surface area (Å²) in [5.74, 6) is -1.39. The number of nitrogens with zero attached hydrogens (tertiary/aromatic N) is 3. The Morgan fingerprint density at radius 3 is 2.72 bits per heavy atom. The van der Waals surface area contributed by atoms with Crippen LogP contribution in [0.25, 0.3) is 0 Å². The Hall–Kier alpha value is -2.17. The molecule has 10 heteroatoms. The Bertz CT molecular complexity index is 858. The Labute approximate surface area is 143 Å². The number of morpholine rings is 1. The molecular weight excluding hydrogens is 354 g/mol. The van der Waals surface area contributed by atoms with E-state index in [1.807, 2.05) is 4.90 Å². The predicted octanol–water partition coefficient (Wildman–Crippen LogP) is 1.07. The summed E-state index contributed by atoms with van der Waals surface area (Å²) < 4.78 is 58.7. The number of hydrogen-bond acceptors (Lipinski definition) is 6. The van der Waals surface area contributed by atoms with Crippen LogP contribution in [-0.2, 0) is 21.3 Å². The summed E-state index contributed by atoms with van der Waals surface area (Å²) in [5.41, 5.74) is 0.414. The fourth-order valence-electron chi connectivity index (χ4n) is 2.33. The van der Waals surface area contributed by atoms with E-state index in [-0.39, 0.29) is 6.54 Å². The molecule has 0 spiro atoms. The maximum atomic E-state index is 13.7. The van der Waals surface area contributed by atoms with Crippen LogP contribution in [0.5, 0.6) is 0 Å². The van der Waals surface area contributed by atoms with E-state index >= 15 is 0 Å². The van der Waals surface area contributed by atoms with E-state index in [9.17, 15) is 17.2 Å². The summed E-state index contributed by atoms with van der Waals surface area (Å²) in [6, 6.07) is 3.81. The van der Waals surface area contributed by atoms with Crippen molar-refractivity contribution >= 4 is 16.0 Å². The van der Waals surface area contributed by atoms with Gasteiger partial charge in [-0.25, -0.2) is 31.9 Å². The Kier molecular flexibility index (Phi) is 5.21. The van der Waals surface area contributed by atoms with Crippen molar-refractivity contribution in [2.45, 2.75) is 11.4 Å². The van der Waals surface area contributed by atoms with Crippen LogP contribution in [0.3, 0.4) is 0 Å². The molecule has 0 amide bonds. The van der Waals surface area contributed by atoms with E-state index in [1.165, 1.54) is 6.20 Å². The zero-order valence-electron chi connectivity index (χ0n) is 13.2. The van der Waals surface area contributed by atoms with Crippen LogP contribution in [0.15, 0.2) is 35.4 Å². The van der Waals surface area contributed by atoms with E-state index in [0.717, 1.165) is 12.1 Å². The molecule has 1 saturated heterocycles. The molecule has 1 fully saturated rings. The highest BCUT2D eigenvalue weighted by Gasteiger charge is 2.20. The van der Waals surface area contributed by atoms with E-state index < -0.39 is 26.6 Å². The molecule has 0 radical (unpaired) electrons. The monoisotopic (exact) mass is 370 g/mol. The fourth-order valence-corrected chi connectivity index (χ4v) is 3.41. The van der Waals surface area contributed by atoms with Gasteiger partial charge in [0.25, 0.3) is 0 Å². The summed E-state index contributed by atoms with van der Waals surface area (Å²) in [7, 11) is -4.21. The highest BCUT2D eigenvalue weighted by atomic mass is 32.2. The van der Waals surface area contributed by atoms with Crippen LogP contribution < -0.4 is 9.62 Å². The van der Waals surface area contributed by atoms with Crippen LogP contribution in [-0.4, -0.2) is 44.7 Å². The topological polar surface area (TPSA) is 84.4 Å². The van der Waals surface area contributed by atoms with Gasteiger partial charge in [-0.1, -0.05) is 0 Å². The molecule has 7 nitrogen and oxygen atoms in total. The van der Waals surface area contributed by atoms with E-state index in [2.05, 4.69) is 14.7 Å². The molecule has 1 aromatic heterocycles. The van der Waals surface area contributed by atoms with E-state index in [1.54, 1.807) is 6.07 Å². The first kappa shape index (κ1) is 17.6. The van der Waals surface area contributed by atoms with Crippen LogP contribution >= 0.6 is 0 Å². The van der Waals surface area contributed by atoms with Crippen LogP contribution in [0.1, 0.15) is 5.69 Å². The Morgan fingerprint density at radius 2 is 1.96 bits per heavy atom. The van der Waals surface area contributed by atoms with Crippen molar-refractivity contribution in [3.05, 3.63) is 47.8 Å². The SMILES string of the molecule is O=S(=O)(NCc1ccnc(N2CCOCC2)n1)c1cc(F)ccc1F. The third-order valence-electron chi connectivity index (χ3n) is 3.62. The molecule has 1 aliphatic heterocycles. The smallest absolute Gasteiger partial charge is 0.243 e. The quantitative estimate of drug-likeness (QED) is 0.848. The van der Waals surface area contributed by atoms with Gasteiger partial charge in [0.05, 0.1) is 25.5 Å². The molecule has 25 heavy (non-hydrogen) atoms. The standard InChI is InChI=1S/C15H16F2N4O3S/c16-11-1-2-13(17)14(9-11)25(22,23)19-10-12-3-4-18-15(20-12)21-5-7-24-8-6-21/h1-4,9,19H,5-8,10H2. The van der Waals surface area contributed by atoms with Crippen molar-refractivity contribution in [1.29, 1.82) is 0 Å². The third kappa shape index (κ3) is 4.27. The number of halogens is 2. The van der Waals surface area contributed by atoms with Crippen molar-refractivity contribution in [3.8, 4) is 0 Å². The highest BCUT2D eigenvalue weighted by molar-refractivity contribution is 7.89. The largest absolute Gasteiger partial charge is 0.378 e. The van der Waals surface area contributed by atoms with Crippen molar-refractivity contribution in [1.82, 2.24) is 14.7 Å². The van der Waals surface area contributed by atoms with Gasteiger partial charge in [-0.15, -0.1) is 0 Å². The first-order chi connectivity index (χ1) is 12.0. The molecule has 0 unspecified atom stereocenters. The third-order valence-corrected chi connectivity index (χ3v) is 5.04. The van der Waals surface area contributed by atoms with Gasteiger partial charge in [-0.2, -0.15) is 0 Å². The number of hydrogen-bond donors (Lipinski definition) is 1. The van der Waals surface area contributed by atoms with Gasteiger partial charge in [0, 0.05) is 19.3 Å². The lowest BCUT2D eigenvalue weighted by Crippen LogP contribution is -2.37. The summed E-state index contributed by atoms with van der Waals surface area (Å²) in [4.78, 5) is 9.65. The van der Waals surface area contributed by atoms with Crippen molar-refractivity contribution < 1.29 is 21.9 Å². The van der Waals surface area contributed by atoms with E-state index in [0.29, 0.717) is 44.0 Å². The van der Waals surface area contributed by atoms with Crippen LogP contribution in [0.4, 0.5) is 14.7 Å². The van der Waals surface area contributed by atoms with Gasteiger partial charge in [0.1, 0.15) is 16.5 Å². The van der Waals surface area contributed by atoms with Gasteiger partial charge in [0.2, 0.25) is 16.0 Å². The minimum absolute atomic E-state index is 0.169.